The Kier molecular flexibility index (Phi) is 5.20. The fourth-order valence-corrected chi connectivity index (χ4v) is 3.53. The molecule has 0 aromatic rings. The van der Waals surface area contributed by atoms with E-state index in [1.54, 1.807) is 0 Å². The second-order valence-electron chi connectivity index (χ2n) is 6.05. The highest BCUT2D eigenvalue weighted by Gasteiger charge is 2.48. The van der Waals surface area contributed by atoms with E-state index < -0.39 is 17.4 Å². The summed E-state index contributed by atoms with van der Waals surface area (Å²) in [5.41, 5.74) is -0.261. The van der Waals surface area contributed by atoms with Crippen LogP contribution in [-0.2, 0) is 16.0 Å². The van der Waals surface area contributed by atoms with Crippen LogP contribution >= 0.6 is 0 Å². The van der Waals surface area contributed by atoms with Gasteiger partial charge in [0.05, 0.1) is 17.8 Å². The maximum absolute atomic E-state index is 10.9. The highest BCUT2D eigenvalue weighted by molar-refractivity contribution is 7.76. The highest BCUT2D eigenvalue weighted by Crippen LogP contribution is 2.38. The largest absolute Gasteiger partial charge is 0.760 e. The number of hydrogen-bond donors (Lipinski definition) is 1. The van der Waals surface area contributed by atoms with Gasteiger partial charge in [0, 0.05) is 49.9 Å². The lowest BCUT2D eigenvalue weighted by Crippen LogP contribution is -2.50. The molecule has 2 rings (SSSR count). The number of hydrogen-bond acceptors (Lipinski definition) is 5. The second kappa shape index (κ2) is 6.37. The Balaban J connectivity index is 1.87. The van der Waals surface area contributed by atoms with E-state index in [0.29, 0.717) is 32.7 Å². The van der Waals surface area contributed by atoms with Crippen molar-refractivity contribution < 1.29 is 18.6 Å². The van der Waals surface area contributed by atoms with Crippen LogP contribution in [0.4, 0.5) is 0 Å². The number of ether oxygens (including phenoxy) is 1. The van der Waals surface area contributed by atoms with Crippen molar-refractivity contribution in [2.24, 2.45) is 5.92 Å². The number of aliphatic hydroxyl groups excluding tert-OH is 1. The van der Waals surface area contributed by atoms with Gasteiger partial charge in [0.15, 0.2) is 0 Å². The van der Waals surface area contributed by atoms with Gasteiger partial charge in [0.2, 0.25) is 0 Å². The summed E-state index contributed by atoms with van der Waals surface area (Å²) in [5.74, 6) is 0.118. The standard InChI is InChI=1S/C13H26N2O4S/c1-4-13(3)10(2)12(16)11(19-13)9-14-5-7-15(8-6-14)20(17)18/h10-12,16H,4-9H2,1-3H3,(H,17,18)/p-1. The molecular formula is C13H25N2O4S-. The van der Waals surface area contributed by atoms with Crippen molar-refractivity contribution in [1.29, 1.82) is 0 Å². The summed E-state index contributed by atoms with van der Waals surface area (Å²) in [6.07, 6.45) is 0.246. The number of aliphatic hydroxyl groups is 1. The molecule has 0 bridgehead atoms. The van der Waals surface area contributed by atoms with Gasteiger partial charge in [-0.25, -0.2) is 4.31 Å². The van der Waals surface area contributed by atoms with Crippen molar-refractivity contribution in [2.45, 2.75) is 45.0 Å². The van der Waals surface area contributed by atoms with Crippen molar-refractivity contribution >= 4 is 11.3 Å². The van der Waals surface area contributed by atoms with Crippen LogP contribution in [0.15, 0.2) is 0 Å². The van der Waals surface area contributed by atoms with Crippen LogP contribution in [0.2, 0.25) is 0 Å². The summed E-state index contributed by atoms with van der Waals surface area (Å²) in [5, 5.41) is 10.3. The third-order valence-electron chi connectivity index (χ3n) is 4.96. The summed E-state index contributed by atoms with van der Waals surface area (Å²) in [6, 6.07) is 0. The van der Waals surface area contributed by atoms with Gasteiger partial charge >= 0.3 is 0 Å². The van der Waals surface area contributed by atoms with Crippen molar-refractivity contribution in [3.05, 3.63) is 0 Å². The van der Waals surface area contributed by atoms with Crippen LogP contribution in [0, 0.1) is 5.92 Å². The molecule has 5 unspecified atom stereocenters. The minimum Gasteiger partial charge on any atom is -0.760 e. The van der Waals surface area contributed by atoms with Crippen LogP contribution < -0.4 is 0 Å². The molecule has 7 heteroatoms. The molecule has 20 heavy (non-hydrogen) atoms. The van der Waals surface area contributed by atoms with E-state index in [2.05, 4.69) is 18.7 Å². The summed E-state index contributed by atoms with van der Waals surface area (Å²) in [6.45, 7) is 9.25. The summed E-state index contributed by atoms with van der Waals surface area (Å²) >= 11 is -2.12. The average Bonchev–Trinajstić information content (AvgIpc) is 2.65. The minimum absolute atomic E-state index is 0.118. The molecule has 0 aliphatic carbocycles. The van der Waals surface area contributed by atoms with E-state index in [4.69, 9.17) is 4.74 Å². The van der Waals surface area contributed by atoms with Crippen molar-refractivity contribution in [2.75, 3.05) is 32.7 Å². The molecule has 2 aliphatic heterocycles. The lowest BCUT2D eigenvalue weighted by Gasteiger charge is -2.36. The molecule has 5 atom stereocenters. The van der Waals surface area contributed by atoms with Crippen LogP contribution in [0.25, 0.3) is 0 Å². The smallest absolute Gasteiger partial charge is 0.0971 e. The van der Waals surface area contributed by atoms with Gasteiger partial charge in [-0.1, -0.05) is 13.8 Å². The first kappa shape index (κ1) is 16.3. The molecule has 0 spiro atoms. The van der Waals surface area contributed by atoms with Crippen molar-refractivity contribution in [3.63, 3.8) is 0 Å². The summed E-state index contributed by atoms with van der Waals surface area (Å²) in [7, 11) is 0. The predicted molar refractivity (Wildman–Crippen MR) is 75.7 cm³/mol. The predicted octanol–water partition coefficient (Wildman–Crippen LogP) is -0.0374. The first-order valence-electron chi connectivity index (χ1n) is 7.30. The van der Waals surface area contributed by atoms with Gasteiger partial charge in [-0.3, -0.25) is 9.11 Å². The molecule has 0 saturated carbocycles. The fourth-order valence-electron chi connectivity index (χ4n) is 3.07. The Morgan fingerprint density at radius 3 is 2.45 bits per heavy atom. The maximum Gasteiger partial charge on any atom is 0.0971 e. The zero-order valence-electron chi connectivity index (χ0n) is 12.4. The van der Waals surface area contributed by atoms with Crippen LogP contribution in [0.5, 0.6) is 0 Å². The molecule has 6 nitrogen and oxygen atoms in total. The topological polar surface area (TPSA) is 76.1 Å². The minimum atomic E-state index is -2.12. The monoisotopic (exact) mass is 305 g/mol. The zero-order chi connectivity index (χ0) is 14.9. The second-order valence-corrected chi connectivity index (χ2v) is 7.00. The highest BCUT2D eigenvalue weighted by atomic mass is 32.2. The van der Waals surface area contributed by atoms with Crippen LogP contribution in [0.1, 0.15) is 27.2 Å². The van der Waals surface area contributed by atoms with Gasteiger partial charge in [0.25, 0.3) is 0 Å². The molecule has 2 saturated heterocycles. The Hall–Kier alpha value is -0.0500. The first-order chi connectivity index (χ1) is 9.37. The average molecular weight is 305 g/mol. The number of nitrogens with zero attached hydrogens (tertiary/aromatic N) is 2. The Morgan fingerprint density at radius 1 is 1.40 bits per heavy atom. The Bertz CT molecular complexity index is 362. The molecule has 1 N–H and O–H groups in total. The summed E-state index contributed by atoms with van der Waals surface area (Å²) < 4.78 is 29.2. The van der Waals surface area contributed by atoms with E-state index >= 15 is 0 Å². The van der Waals surface area contributed by atoms with Crippen LogP contribution in [0.3, 0.4) is 0 Å². The lowest BCUT2D eigenvalue weighted by molar-refractivity contribution is -0.0636. The van der Waals surface area contributed by atoms with E-state index in [1.165, 1.54) is 4.31 Å². The Labute approximate surface area is 123 Å². The van der Waals surface area contributed by atoms with E-state index in [0.717, 1.165) is 6.42 Å². The van der Waals surface area contributed by atoms with Crippen LogP contribution in [-0.4, -0.2) is 73.6 Å². The van der Waals surface area contributed by atoms with Gasteiger partial charge in [-0.15, -0.1) is 0 Å². The SMILES string of the molecule is CCC1(C)OC(CN2CCN(S(=O)[O-])CC2)C(O)C1C. The number of rotatable bonds is 4. The van der Waals surface area contributed by atoms with Gasteiger partial charge < -0.3 is 14.4 Å². The van der Waals surface area contributed by atoms with Gasteiger partial charge in [0.1, 0.15) is 0 Å². The molecule has 2 aliphatic rings. The normalized spacial score (nSPS) is 42.0. The number of piperazine rings is 1. The van der Waals surface area contributed by atoms with E-state index in [-0.39, 0.29) is 17.6 Å². The quantitative estimate of drug-likeness (QED) is 0.738. The molecular weight excluding hydrogens is 280 g/mol. The maximum atomic E-state index is 10.9. The first-order valence-corrected chi connectivity index (χ1v) is 8.33. The molecule has 2 heterocycles. The van der Waals surface area contributed by atoms with E-state index in [9.17, 15) is 13.9 Å². The van der Waals surface area contributed by atoms with Gasteiger partial charge in [-0.2, -0.15) is 0 Å². The van der Waals surface area contributed by atoms with Crippen molar-refractivity contribution in [3.8, 4) is 0 Å². The van der Waals surface area contributed by atoms with E-state index in [1.807, 2.05) is 6.92 Å². The molecule has 0 aromatic carbocycles. The molecule has 118 valence electrons. The molecule has 0 aromatic heterocycles. The Morgan fingerprint density at radius 2 is 2.00 bits per heavy atom. The van der Waals surface area contributed by atoms with Crippen molar-refractivity contribution in [1.82, 2.24) is 9.21 Å². The molecule has 0 radical (unpaired) electrons. The summed E-state index contributed by atoms with van der Waals surface area (Å²) in [4.78, 5) is 2.17. The molecule has 0 amide bonds. The van der Waals surface area contributed by atoms with Gasteiger partial charge in [-0.05, 0) is 13.3 Å². The fraction of sp³-hybridized carbons (Fsp3) is 1.00. The molecule has 2 fully saturated rings. The lowest BCUT2D eigenvalue weighted by atomic mass is 9.86. The third kappa shape index (κ3) is 3.23. The third-order valence-corrected chi connectivity index (χ3v) is 5.75. The zero-order valence-corrected chi connectivity index (χ0v) is 13.3.